The largest absolute Gasteiger partial charge is 0.191 e. The molecule has 0 aliphatic carbocycles. The van der Waals surface area contributed by atoms with Crippen molar-refractivity contribution in [3.63, 3.8) is 0 Å². The van der Waals surface area contributed by atoms with Crippen LogP contribution in [0.1, 0.15) is 11.3 Å². The number of rotatable bonds is 0. The van der Waals surface area contributed by atoms with E-state index in [1.54, 1.807) is 0 Å². The van der Waals surface area contributed by atoms with Crippen LogP contribution in [0.5, 0.6) is 0 Å². The van der Waals surface area contributed by atoms with Gasteiger partial charge in [0, 0.05) is 5.39 Å². The van der Waals surface area contributed by atoms with E-state index in [0.29, 0.717) is 5.69 Å². The number of benzene rings is 1. The molecule has 0 atom stereocenters. The van der Waals surface area contributed by atoms with Crippen molar-refractivity contribution in [2.45, 2.75) is 6.92 Å². The predicted molar refractivity (Wildman–Crippen MR) is 49.1 cm³/mol. The second kappa shape index (κ2) is 2.58. The van der Waals surface area contributed by atoms with Gasteiger partial charge in [0.1, 0.15) is 6.07 Å². The molecule has 1 aromatic heterocycles. The van der Waals surface area contributed by atoms with Crippen molar-refractivity contribution >= 4 is 21.6 Å². The molecule has 58 valence electrons. The number of nitrogens with zero attached hydrogens (tertiary/aromatic N) is 2. The van der Waals surface area contributed by atoms with E-state index in [1.165, 1.54) is 17.1 Å². The Labute approximate surface area is 74.2 Å². The molecule has 2 rings (SSSR count). The third-order valence-electron chi connectivity index (χ3n) is 1.73. The van der Waals surface area contributed by atoms with Gasteiger partial charge in [0.05, 0.1) is 4.70 Å². The van der Waals surface area contributed by atoms with Gasteiger partial charge in [0.25, 0.3) is 0 Å². The van der Waals surface area contributed by atoms with Gasteiger partial charge in [-0.05, 0) is 30.6 Å². The van der Waals surface area contributed by atoms with E-state index in [1.807, 2.05) is 25.1 Å². The highest BCUT2D eigenvalue weighted by molar-refractivity contribution is 7.13. The van der Waals surface area contributed by atoms with Crippen LogP contribution >= 0.6 is 11.5 Å². The summed E-state index contributed by atoms with van der Waals surface area (Å²) < 4.78 is 5.12. The molecule has 0 saturated heterocycles. The minimum atomic E-state index is 0.540. The summed E-state index contributed by atoms with van der Waals surface area (Å²) >= 11 is 1.37. The SMILES string of the molecule is Cc1ccc2snc(C#N)c2c1. The highest BCUT2D eigenvalue weighted by atomic mass is 32.1. The highest BCUT2D eigenvalue weighted by Gasteiger charge is 2.03. The van der Waals surface area contributed by atoms with E-state index in [-0.39, 0.29) is 0 Å². The first-order chi connectivity index (χ1) is 5.81. The lowest BCUT2D eigenvalue weighted by Gasteiger charge is -1.90. The average molecular weight is 174 g/mol. The fourth-order valence-electron chi connectivity index (χ4n) is 1.13. The van der Waals surface area contributed by atoms with Crippen molar-refractivity contribution in [2.75, 3.05) is 0 Å². The van der Waals surface area contributed by atoms with Crippen LogP contribution in [0.4, 0.5) is 0 Å². The van der Waals surface area contributed by atoms with Gasteiger partial charge in [-0.1, -0.05) is 11.6 Å². The first kappa shape index (κ1) is 7.26. The quantitative estimate of drug-likeness (QED) is 0.615. The van der Waals surface area contributed by atoms with E-state index < -0.39 is 0 Å². The van der Waals surface area contributed by atoms with Crippen molar-refractivity contribution in [3.8, 4) is 6.07 Å². The van der Waals surface area contributed by atoms with Gasteiger partial charge in [0.15, 0.2) is 5.69 Å². The molecule has 0 spiro atoms. The zero-order chi connectivity index (χ0) is 8.55. The summed E-state index contributed by atoms with van der Waals surface area (Å²) in [6.45, 7) is 2.01. The molecule has 0 aliphatic heterocycles. The minimum Gasteiger partial charge on any atom is -0.191 e. The lowest BCUT2D eigenvalue weighted by Crippen LogP contribution is -1.74. The van der Waals surface area contributed by atoms with Gasteiger partial charge in [0.2, 0.25) is 0 Å². The summed E-state index contributed by atoms with van der Waals surface area (Å²) in [6, 6.07) is 8.11. The molecule has 3 heteroatoms. The van der Waals surface area contributed by atoms with Crippen LogP contribution < -0.4 is 0 Å². The molecule has 0 fully saturated rings. The van der Waals surface area contributed by atoms with Crippen LogP contribution in [0, 0.1) is 18.3 Å². The monoisotopic (exact) mass is 174 g/mol. The first-order valence-corrected chi connectivity index (χ1v) is 4.35. The molecule has 0 saturated carbocycles. The van der Waals surface area contributed by atoms with E-state index >= 15 is 0 Å². The molecule has 2 aromatic rings. The van der Waals surface area contributed by atoms with Crippen molar-refractivity contribution in [3.05, 3.63) is 29.5 Å². The van der Waals surface area contributed by atoms with Crippen molar-refractivity contribution in [1.82, 2.24) is 4.37 Å². The Kier molecular flexibility index (Phi) is 1.56. The second-order valence-corrected chi connectivity index (χ2v) is 3.45. The van der Waals surface area contributed by atoms with Crippen LogP contribution in [0.2, 0.25) is 0 Å². The average Bonchev–Trinajstić information content (AvgIpc) is 2.46. The lowest BCUT2D eigenvalue weighted by molar-refractivity contribution is 1.43. The molecule has 1 aromatic carbocycles. The van der Waals surface area contributed by atoms with Gasteiger partial charge in [-0.3, -0.25) is 0 Å². The molecule has 0 bridgehead atoms. The lowest BCUT2D eigenvalue weighted by atomic mass is 10.1. The van der Waals surface area contributed by atoms with Crippen LogP contribution in [0.25, 0.3) is 10.1 Å². The Balaban J connectivity index is 2.86. The maximum atomic E-state index is 8.71. The molecule has 0 N–H and O–H groups in total. The summed E-state index contributed by atoms with van der Waals surface area (Å²) in [6.07, 6.45) is 0. The van der Waals surface area contributed by atoms with Crippen molar-refractivity contribution < 1.29 is 0 Å². The minimum absolute atomic E-state index is 0.540. The topological polar surface area (TPSA) is 36.7 Å². The number of hydrogen-bond acceptors (Lipinski definition) is 3. The van der Waals surface area contributed by atoms with Crippen LogP contribution in [-0.2, 0) is 0 Å². The Morgan fingerprint density at radius 1 is 1.50 bits per heavy atom. The number of hydrogen-bond donors (Lipinski definition) is 0. The Hall–Kier alpha value is -1.40. The van der Waals surface area contributed by atoms with E-state index in [4.69, 9.17) is 5.26 Å². The molecular weight excluding hydrogens is 168 g/mol. The molecule has 1 heterocycles. The Morgan fingerprint density at radius 3 is 3.08 bits per heavy atom. The zero-order valence-electron chi connectivity index (χ0n) is 6.53. The third kappa shape index (κ3) is 0.973. The number of aromatic nitrogens is 1. The van der Waals surface area contributed by atoms with Crippen LogP contribution in [-0.4, -0.2) is 4.37 Å². The fourth-order valence-corrected chi connectivity index (χ4v) is 1.84. The maximum absolute atomic E-state index is 8.71. The van der Waals surface area contributed by atoms with Crippen molar-refractivity contribution in [2.24, 2.45) is 0 Å². The summed E-state index contributed by atoms with van der Waals surface area (Å²) in [5, 5.41) is 9.68. The molecular formula is C9H6N2S. The van der Waals surface area contributed by atoms with Crippen LogP contribution in [0.15, 0.2) is 18.2 Å². The molecule has 2 nitrogen and oxygen atoms in total. The van der Waals surface area contributed by atoms with Gasteiger partial charge in [-0.2, -0.15) is 9.64 Å². The van der Waals surface area contributed by atoms with E-state index in [9.17, 15) is 0 Å². The number of nitriles is 1. The first-order valence-electron chi connectivity index (χ1n) is 3.57. The molecule has 0 amide bonds. The van der Waals surface area contributed by atoms with E-state index in [0.717, 1.165) is 10.1 Å². The van der Waals surface area contributed by atoms with E-state index in [2.05, 4.69) is 10.4 Å². The molecule has 0 unspecified atom stereocenters. The summed E-state index contributed by atoms with van der Waals surface area (Å²) in [4.78, 5) is 0. The molecule has 0 aliphatic rings. The third-order valence-corrected chi connectivity index (χ3v) is 2.56. The Bertz CT molecular complexity index is 465. The van der Waals surface area contributed by atoms with Crippen molar-refractivity contribution in [1.29, 1.82) is 5.26 Å². The number of fused-ring (bicyclic) bond motifs is 1. The molecule has 12 heavy (non-hydrogen) atoms. The number of aryl methyl sites for hydroxylation is 1. The standard InChI is InChI=1S/C9H6N2S/c1-6-2-3-9-7(4-6)8(5-10)11-12-9/h2-4H,1H3. The molecule has 0 radical (unpaired) electrons. The van der Waals surface area contributed by atoms with Gasteiger partial charge in [-0.15, -0.1) is 0 Å². The van der Waals surface area contributed by atoms with Gasteiger partial charge in [-0.25, -0.2) is 0 Å². The fraction of sp³-hybridized carbons (Fsp3) is 0.111. The second-order valence-electron chi connectivity index (χ2n) is 2.64. The predicted octanol–water partition coefficient (Wildman–Crippen LogP) is 2.48. The van der Waals surface area contributed by atoms with Gasteiger partial charge >= 0.3 is 0 Å². The summed E-state index contributed by atoms with van der Waals surface area (Å²) in [5.41, 5.74) is 1.71. The zero-order valence-corrected chi connectivity index (χ0v) is 7.35. The maximum Gasteiger partial charge on any atom is 0.162 e. The van der Waals surface area contributed by atoms with Crippen LogP contribution in [0.3, 0.4) is 0 Å². The summed E-state index contributed by atoms with van der Waals surface area (Å²) in [5.74, 6) is 0. The Morgan fingerprint density at radius 2 is 2.33 bits per heavy atom. The normalized spacial score (nSPS) is 10.0. The smallest absolute Gasteiger partial charge is 0.162 e. The highest BCUT2D eigenvalue weighted by Crippen LogP contribution is 2.22. The summed E-state index contributed by atoms with van der Waals surface area (Å²) in [7, 11) is 0. The van der Waals surface area contributed by atoms with Gasteiger partial charge < -0.3 is 0 Å².